The van der Waals surface area contributed by atoms with E-state index in [1.54, 1.807) is 0 Å². The molecular formula is C13H20BrIN2. The van der Waals surface area contributed by atoms with E-state index < -0.39 is 0 Å². The molecule has 0 aliphatic rings. The van der Waals surface area contributed by atoms with Gasteiger partial charge in [-0.3, -0.25) is 11.3 Å². The van der Waals surface area contributed by atoms with Crippen LogP contribution in [0.25, 0.3) is 0 Å². The zero-order valence-electron chi connectivity index (χ0n) is 10.2. The van der Waals surface area contributed by atoms with Crippen LogP contribution in [0, 0.1) is 3.57 Å². The molecule has 4 heteroatoms. The van der Waals surface area contributed by atoms with Crippen LogP contribution in [0.4, 0.5) is 0 Å². The molecular weight excluding hydrogens is 391 g/mol. The summed E-state index contributed by atoms with van der Waals surface area (Å²) in [7, 11) is 0. The minimum Gasteiger partial charge on any atom is -0.271 e. The third-order valence-electron chi connectivity index (χ3n) is 2.88. The molecule has 0 heterocycles. The number of nitrogens with two attached hydrogens (primary N) is 1. The van der Waals surface area contributed by atoms with Gasteiger partial charge in [0.25, 0.3) is 0 Å². The molecule has 0 radical (unpaired) electrons. The smallest absolute Gasteiger partial charge is 0.0471 e. The molecule has 0 amide bonds. The van der Waals surface area contributed by atoms with Crippen LogP contribution < -0.4 is 11.3 Å². The first-order valence-corrected chi connectivity index (χ1v) is 7.97. The Morgan fingerprint density at radius 2 is 2.12 bits per heavy atom. The van der Waals surface area contributed by atoms with Crippen molar-refractivity contribution in [1.29, 1.82) is 0 Å². The molecule has 1 rings (SSSR count). The van der Waals surface area contributed by atoms with Crippen LogP contribution in [-0.4, -0.2) is 0 Å². The van der Waals surface area contributed by atoms with Crippen LogP contribution in [0.2, 0.25) is 0 Å². The second-order valence-electron chi connectivity index (χ2n) is 4.23. The van der Waals surface area contributed by atoms with E-state index in [0.717, 1.165) is 10.9 Å². The molecule has 0 saturated carbocycles. The van der Waals surface area contributed by atoms with Gasteiger partial charge in [0.2, 0.25) is 0 Å². The molecule has 17 heavy (non-hydrogen) atoms. The van der Waals surface area contributed by atoms with Gasteiger partial charge in [0.1, 0.15) is 0 Å². The molecule has 1 unspecified atom stereocenters. The summed E-state index contributed by atoms with van der Waals surface area (Å²) in [5.41, 5.74) is 4.19. The highest BCUT2D eigenvalue weighted by atomic mass is 127. The lowest BCUT2D eigenvalue weighted by Gasteiger charge is -2.18. The van der Waals surface area contributed by atoms with Crippen molar-refractivity contribution in [2.75, 3.05) is 0 Å². The number of halogens is 2. The predicted molar refractivity (Wildman–Crippen MR) is 85.7 cm³/mol. The second kappa shape index (κ2) is 8.45. The molecule has 0 aliphatic carbocycles. The Morgan fingerprint density at radius 1 is 1.35 bits per heavy atom. The van der Waals surface area contributed by atoms with Crippen molar-refractivity contribution in [2.45, 2.75) is 45.1 Å². The Bertz CT molecular complexity index is 344. The monoisotopic (exact) mass is 410 g/mol. The Balaban J connectivity index is 2.62. The van der Waals surface area contributed by atoms with E-state index in [4.69, 9.17) is 5.84 Å². The van der Waals surface area contributed by atoms with Gasteiger partial charge in [-0.25, -0.2) is 0 Å². The van der Waals surface area contributed by atoms with Gasteiger partial charge in [-0.2, -0.15) is 0 Å². The van der Waals surface area contributed by atoms with Crippen LogP contribution in [0.1, 0.15) is 50.6 Å². The molecule has 2 nitrogen and oxygen atoms in total. The normalized spacial score (nSPS) is 12.7. The summed E-state index contributed by atoms with van der Waals surface area (Å²) in [6, 6.07) is 6.62. The van der Waals surface area contributed by atoms with Crippen molar-refractivity contribution in [3.8, 4) is 0 Å². The van der Waals surface area contributed by atoms with E-state index in [1.165, 1.54) is 34.8 Å². The van der Waals surface area contributed by atoms with Gasteiger partial charge in [0.05, 0.1) is 0 Å². The standard InChI is InChI=1S/C13H20BrIN2/c1-2-3-4-5-6-13(17-16)11-9-10(15)7-8-12(11)14/h7-9,13,17H,2-6,16H2,1H3. The lowest BCUT2D eigenvalue weighted by Crippen LogP contribution is -2.28. The summed E-state index contributed by atoms with van der Waals surface area (Å²) in [6.45, 7) is 2.23. The summed E-state index contributed by atoms with van der Waals surface area (Å²) < 4.78 is 2.38. The molecule has 1 aromatic rings. The number of hydrogen-bond acceptors (Lipinski definition) is 2. The fourth-order valence-corrected chi connectivity index (χ4v) is 2.92. The molecule has 0 aromatic heterocycles. The number of unbranched alkanes of at least 4 members (excludes halogenated alkanes) is 3. The highest BCUT2D eigenvalue weighted by Crippen LogP contribution is 2.28. The number of nitrogens with one attached hydrogen (secondary N) is 1. The topological polar surface area (TPSA) is 38.0 Å². The summed E-state index contributed by atoms with van der Waals surface area (Å²) in [5.74, 6) is 5.67. The highest BCUT2D eigenvalue weighted by Gasteiger charge is 2.12. The van der Waals surface area contributed by atoms with Crippen molar-refractivity contribution in [2.24, 2.45) is 5.84 Å². The van der Waals surface area contributed by atoms with Crippen molar-refractivity contribution in [1.82, 2.24) is 5.43 Å². The SMILES string of the molecule is CCCCCCC(NN)c1cc(I)ccc1Br. The lowest BCUT2D eigenvalue weighted by molar-refractivity contribution is 0.480. The molecule has 0 aliphatic heterocycles. The zero-order valence-corrected chi connectivity index (χ0v) is 13.9. The van der Waals surface area contributed by atoms with Gasteiger partial charge >= 0.3 is 0 Å². The van der Waals surface area contributed by atoms with Crippen LogP contribution in [0.3, 0.4) is 0 Å². The molecule has 0 fully saturated rings. The number of hydrazine groups is 1. The van der Waals surface area contributed by atoms with Crippen LogP contribution >= 0.6 is 38.5 Å². The summed E-state index contributed by atoms with van der Waals surface area (Å²) in [5, 5.41) is 0. The van der Waals surface area contributed by atoms with Crippen molar-refractivity contribution in [3.05, 3.63) is 31.8 Å². The average molecular weight is 411 g/mol. The number of rotatable bonds is 7. The quantitative estimate of drug-likeness (QED) is 0.300. The molecule has 0 spiro atoms. The van der Waals surface area contributed by atoms with Gasteiger partial charge in [0, 0.05) is 14.1 Å². The summed E-state index contributed by atoms with van der Waals surface area (Å²) >= 11 is 5.93. The van der Waals surface area contributed by atoms with Gasteiger partial charge in [-0.15, -0.1) is 0 Å². The van der Waals surface area contributed by atoms with Crippen molar-refractivity contribution < 1.29 is 0 Å². The maximum atomic E-state index is 5.67. The highest BCUT2D eigenvalue weighted by molar-refractivity contribution is 14.1. The first-order chi connectivity index (χ1) is 8.19. The zero-order chi connectivity index (χ0) is 12.7. The van der Waals surface area contributed by atoms with Gasteiger partial charge < -0.3 is 0 Å². The first-order valence-electron chi connectivity index (χ1n) is 6.10. The van der Waals surface area contributed by atoms with Crippen molar-refractivity contribution in [3.63, 3.8) is 0 Å². The molecule has 0 bridgehead atoms. The molecule has 0 saturated heterocycles. The Morgan fingerprint density at radius 3 is 2.76 bits per heavy atom. The largest absolute Gasteiger partial charge is 0.271 e. The minimum absolute atomic E-state index is 0.246. The third kappa shape index (κ3) is 5.24. The Hall–Kier alpha value is 0.350. The molecule has 3 N–H and O–H groups in total. The summed E-state index contributed by atoms with van der Waals surface area (Å²) in [4.78, 5) is 0. The van der Waals surface area contributed by atoms with E-state index >= 15 is 0 Å². The van der Waals surface area contributed by atoms with E-state index in [0.29, 0.717) is 0 Å². The molecule has 96 valence electrons. The third-order valence-corrected chi connectivity index (χ3v) is 4.27. The lowest BCUT2D eigenvalue weighted by atomic mass is 10.0. The van der Waals surface area contributed by atoms with Crippen molar-refractivity contribution >= 4 is 38.5 Å². The summed E-state index contributed by atoms with van der Waals surface area (Å²) in [6.07, 6.45) is 6.18. The van der Waals surface area contributed by atoms with Gasteiger partial charge in [-0.1, -0.05) is 48.5 Å². The van der Waals surface area contributed by atoms with Crippen LogP contribution in [-0.2, 0) is 0 Å². The maximum absolute atomic E-state index is 5.67. The molecule has 1 atom stereocenters. The minimum atomic E-state index is 0.246. The Labute approximate surface area is 126 Å². The van der Waals surface area contributed by atoms with E-state index in [1.807, 2.05) is 0 Å². The average Bonchev–Trinajstić information content (AvgIpc) is 2.33. The van der Waals surface area contributed by atoms with Gasteiger partial charge in [0.15, 0.2) is 0 Å². The van der Waals surface area contributed by atoms with E-state index in [-0.39, 0.29) is 6.04 Å². The van der Waals surface area contributed by atoms with Crippen LogP contribution in [0.15, 0.2) is 22.7 Å². The fraction of sp³-hybridized carbons (Fsp3) is 0.538. The second-order valence-corrected chi connectivity index (χ2v) is 6.33. The predicted octanol–water partition coefficient (Wildman–Crippen LogP) is 4.53. The maximum Gasteiger partial charge on any atom is 0.0471 e. The van der Waals surface area contributed by atoms with E-state index in [2.05, 4.69) is 69.1 Å². The first kappa shape index (κ1) is 15.4. The number of benzene rings is 1. The fourth-order valence-electron chi connectivity index (χ4n) is 1.89. The van der Waals surface area contributed by atoms with Crippen LogP contribution in [0.5, 0.6) is 0 Å². The van der Waals surface area contributed by atoms with Gasteiger partial charge in [-0.05, 0) is 52.8 Å². The number of hydrogen-bond donors (Lipinski definition) is 2. The molecule has 1 aromatic carbocycles. The van der Waals surface area contributed by atoms with E-state index in [9.17, 15) is 0 Å². The Kier molecular flexibility index (Phi) is 7.66.